The van der Waals surface area contributed by atoms with Crippen LogP contribution in [-0.2, 0) is 14.6 Å². The first-order valence-corrected chi connectivity index (χ1v) is 11.3. The van der Waals surface area contributed by atoms with Crippen molar-refractivity contribution in [3.8, 4) is 0 Å². The van der Waals surface area contributed by atoms with Gasteiger partial charge in [0.1, 0.15) is 12.4 Å². The largest absolute Gasteiger partial charge is 0.493 e. The van der Waals surface area contributed by atoms with E-state index in [2.05, 4.69) is 0 Å². The molecule has 3 nitrogen and oxygen atoms in total. The third kappa shape index (κ3) is 2.70. The Morgan fingerprint density at radius 2 is 2.00 bits per heavy atom. The summed E-state index contributed by atoms with van der Waals surface area (Å²) < 4.78 is 62.5. The molecule has 0 bridgehead atoms. The van der Waals surface area contributed by atoms with Crippen LogP contribution < -0.4 is 0 Å². The van der Waals surface area contributed by atoms with Crippen LogP contribution in [0.25, 0.3) is 0 Å². The van der Waals surface area contributed by atoms with Gasteiger partial charge in [0.25, 0.3) is 5.00 Å². The molecule has 3 aliphatic rings. The van der Waals surface area contributed by atoms with Gasteiger partial charge in [0, 0.05) is 21.8 Å². The number of halogens is 3. The Morgan fingerprint density at radius 1 is 1.27 bits per heavy atom. The molecular weight excluding hydrogens is 402 g/mol. The van der Waals surface area contributed by atoms with E-state index in [1.165, 1.54) is 24.3 Å². The van der Waals surface area contributed by atoms with Crippen molar-refractivity contribution < 1.29 is 21.9 Å². The Bertz CT molecular complexity index is 882. The van der Waals surface area contributed by atoms with Crippen LogP contribution in [0.15, 0.2) is 52.6 Å². The highest BCUT2D eigenvalue weighted by Gasteiger charge is 2.56. The second kappa shape index (κ2) is 6.53. The molecule has 8 heteroatoms. The van der Waals surface area contributed by atoms with Gasteiger partial charge < -0.3 is 4.74 Å². The average Bonchev–Trinajstić information content (AvgIpc) is 2.64. The van der Waals surface area contributed by atoms with E-state index in [-0.39, 0.29) is 34.0 Å². The minimum atomic E-state index is -4.45. The van der Waals surface area contributed by atoms with Crippen molar-refractivity contribution in [2.24, 2.45) is 5.92 Å². The van der Waals surface area contributed by atoms with Crippen molar-refractivity contribution in [1.29, 1.82) is 0 Å². The Kier molecular flexibility index (Phi) is 4.60. The molecule has 1 aromatic carbocycles. The highest BCUT2D eigenvalue weighted by molar-refractivity contribution is 8.00. The molecule has 0 saturated carbocycles. The monoisotopic (exact) mass is 418 g/mol. The maximum Gasteiger partial charge on any atom is 0.258 e. The quantitative estimate of drug-likeness (QED) is 0.664. The van der Waals surface area contributed by atoms with Crippen molar-refractivity contribution in [3.05, 3.63) is 52.8 Å². The number of ether oxygens (including phenoxy) is 1. The van der Waals surface area contributed by atoms with Crippen LogP contribution in [0.1, 0.15) is 12.8 Å². The van der Waals surface area contributed by atoms with Crippen LogP contribution in [0.5, 0.6) is 0 Å². The van der Waals surface area contributed by atoms with Crippen LogP contribution in [0, 0.1) is 5.92 Å². The minimum Gasteiger partial charge on any atom is -0.493 e. The summed E-state index contributed by atoms with van der Waals surface area (Å²) in [5.74, 6) is 0.384. The first-order valence-electron chi connectivity index (χ1n) is 8.36. The topological polar surface area (TPSA) is 43.4 Å². The van der Waals surface area contributed by atoms with Gasteiger partial charge in [-0.2, -0.15) is 11.8 Å². The predicted octanol–water partition coefficient (Wildman–Crippen LogP) is 4.48. The first-order chi connectivity index (χ1) is 12.3. The SMILES string of the molecule is O=S(=O)(c1ccc(Cl)cc1)C1(F)C=CC(F)C2=C1C1CCCS[C@@H]1CO2. The minimum absolute atomic E-state index is 0.0586. The molecule has 26 heavy (non-hydrogen) atoms. The second-order valence-corrected chi connectivity index (χ2v) is 10.5. The van der Waals surface area contributed by atoms with Crippen molar-refractivity contribution in [3.63, 3.8) is 0 Å². The summed E-state index contributed by atoms with van der Waals surface area (Å²) in [7, 11) is -4.45. The molecule has 2 heterocycles. The van der Waals surface area contributed by atoms with Gasteiger partial charge in [-0.05, 0) is 55.0 Å². The molecule has 0 N–H and O–H groups in total. The Balaban J connectivity index is 1.86. The van der Waals surface area contributed by atoms with Gasteiger partial charge in [0.05, 0.1) is 4.90 Å². The maximum atomic E-state index is 16.2. The number of fused-ring (bicyclic) bond motifs is 2. The van der Waals surface area contributed by atoms with Crippen LogP contribution in [0.2, 0.25) is 5.02 Å². The van der Waals surface area contributed by atoms with Crippen molar-refractivity contribution in [2.45, 2.75) is 34.2 Å². The molecule has 4 rings (SSSR count). The zero-order chi connectivity index (χ0) is 18.5. The van der Waals surface area contributed by atoms with Gasteiger partial charge in [-0.3, -0.25) is 0 Å². The maximum absolute atomic E-state index is 16.2. The van der Waals surface area contributed by atoms with E-state index in [4.69, 9.17) is 16.3 Å². The van der Waals surface area contributed by atoms with Gasteiger partial charge in [-0.15, -0.1) is 0 Å². The number of hydrogen-bond acceptors (Lipinski definition) is 4. The molecular formula is C18H17ClF2O3S2. The van der Waals surface area contributed by atoms with E-state index in [1.807, 2.05) is 0 Å². The molecule has 1 fully saturated rings. The van der Waals surface area contributed by atoms with Crippen LogP contribution in [-0.4, -0.2) is 37.2 Å². The molecule has 4 atom stereocenters. The summed E-state index contributed by atoms with van der Waals surface area (Å²) in [6, 6.07) is 5.33. The molecule has 0 amide bonds. The summed E-state index contributed by atoms with van der Waals surface area (Å²) in [5, 5.41) is -2.53. The molecule has 0 radical (unpaired) electrons. The molecule has 0 spiro atoms. The summed E-state index contributed by atoms with van der Waals surface area (Å²) in [6.07, 6.45) is 1.61. The molecule has 140 valence electrons. The van der Waals surface area contributed by atoms with Crippen LogP contribution in [0.3, 0.4) is 0 Å². The van der Waals surface area contributed by atoms with Crippen LogP contribution in [0.4, 0.5) is 8.78 Å². The summed E-state index contributed by atoms with van der Waals surface area (Å²) in [5.41, 5.74) is -0.0640. The van der Waals surface area contributed by atoms with E-state index < -0.39 is 21.0 Å². The number of hydrogen-bond donors (Lipinski definition) is 0. The lowest BCUT2D eigenvalue weighted by molar-refractivity contribution is 0.114. The molecule has 0 aromatic heterocycles. The number of allylic oxidation sites excluding steroid dienone is 1. The normalized spacial score (nSPS) is 34.0. The lowest BCUT2D eigenvalue weighted by Gasteiger charge is -2.43. The second-order valence-electron chi connectivity index (χ2n) is 6.61. The molecule has 1 aromatic rings. The third-order valence-electron chi connectivity index (χ3n) is 5.09. The fourth-order valence-electron chi connectivity index (χ4n) is 3.82. The van der Waals surface area contributed by atoms with E-state index in [0.29, 0.717) is 11.4 Å². The van der Waals surface area contributed by atoms with Gasteiger partial charge in [-0.25, -0.2) is 17.2 Å². The van der Waals surface area contributed by atoms with E-state index in [1.54, 1.807) is 11.8 Å². The third-order valence-corrected chi connectivity index (χ3v) is 8.79. The van der Waals surface area contributed by atoms with E-state index in [0.717, 1.165) is 24.3 Å². The van der Waals surface area contributed by atoms with Gasteiger partial charge >= 0.3 is 0 Å². The van der Waals surface area contributed by atoms with E-state index in [9.17, 15) is 12.8 Å². The van der Waals surface area contributed by atoms with Crippen molar-refractivity contribution in [2.75, 3.05) is 12.4 Å². The molecule has 1 saturated heterocycles. The fourth-order valence-corrected chi connectivity index (χ4v) is 6.89. The number of thioether (sulfide) groups is 1. The van der Waals surface area contributed by atoms with E-state index >= 15 is 4.39 Å². The molecule has 3 unspecified atom stereocenters. The van der Waals surface area contributed by atoms with Crippen LogP contribution >= 0.6 is 23.4 Å². The number of sulfone groups is 1. The summed E-state index contributed by atoms with van der Waals surface area (Å²) in [6.45, 7) is 0.277. The standard InChI is InChI=1S/C18H17ClF2O3S2/c19-11-3-5-12(6-4-11)26(22,23)18(21)8-7-14(20)17-16(18)13-2-1-9-25-15(13)10-24-17/h3-8,13-15H,1-2,9-10H2/t13?,14?,15-,18?/m1/s1. The molecule has 2 aliphatic heterocycles. The first kappa shape index (κ1) is 18.3. The highest BCUT2D eigenvalue weighted by atomic mass is 35.5. The predicted molar refractivity (Wildman–Crippen MR) is 98.5 cm³/mol. The highest BCUT2D eigenvalue weighted by Crippen LogP contribution is 2.51. The zero-order valence-electron chi connectivity index (χ0n) is 13.7. The molecule has 1 aliphatic carbocycles. The Hall–Kier alpha value is -1.05. The number of alkyl halides is 2. The summed E-state index contributed by atoms with van der Waals surface area (Å²) in [4.78, 5) is -0.191. The van der Waals surface area contributed by atoms with Gasteiger partial charge in [0.15, 0.2) is 6.17 Å². The lowest BCUT2D eigenvalue weighted by Crippen LogP contribution is -2.47. The smallest absolute Gasteiger partial charge is 0.258 e. The lowest BCUT2D eigenvalue weighted by atomic mass is 9.82. The fraction of sp³-hybridized carbons (Fsp3) is 0.444. The summed E-state index contributed by atoms with van der Waals surface area (Å²) >= 11 is 7.45. The Labute approximate surface area is 160 Å². The number of benzene rings is 1. The van der Waals surface area contributed by atoms with Gasteiger partial charge in [0.2, 0.25) is 9.84 Å². The van der Waals surface area contributed by atoms with Crippen molar-refractivity contribution >= 4 is 33.2 Å². The van der Waals surface area contributed by atoms with Crippen molar-refractivity contribution in [1.82, 2.24) is 0 Å². The number of rotatable bonds is 2. The zero-order valence-corrected chi connectivity index (χ0v) is 16.1. The Morgan fingerprint density at radius 3 is 2.73 bits per heavy atom. The van der Waals surface area contributed by atoms with Gasteiger partial charge in [-0.1, -0.05) is 11.6 Å². The average molecular weight is 419 g/mol.